The topological polar surface area (TPSA) is 64.3 Å². The molecule has 0 amide bonds. The van der Waals surface area contributed by atoms with Crippen molar-refractivity contribution in [3.63, 3.8) is 0 Å². The first-order valence-corrected chi connectivity index (χ1v) is 8.01. The molecule has 2 N–H and O–H groups in total. The number of nitrogens with zero attached hydrogens (tertiary/aromatic N) is 3. The third-order valence-electron chi connectivity index (χ3n) is 4.13. The maximum atomic E-state index is 5.90. The summed E-state index contributed by atoms with van der Waals surface area (Å²) in [5, 5.41) is 1.14. The van der Waals surface area contributed by atoms with Crippen molar-refractivity contribution in [3.05, 3.63) is 10.9 Å². The van der Waals surface area contributed by atoms with Crippen molar-refractivity contribution in [2.75, 3.05) is 23.7 Å². The highest BCUT2D eigenvalue weighted by Gasteiger charge is 2.35. The van der Waals surface area contributed by atoms with Crippen molar-refractivity contribution in [2.45, 2.75) is 38.4 Å². The van der Waals surface area contributed by atoms with Gasteiger partial charge in [0, 0.05) is 18.0 Å². The molecule has 6 heteroatoms. The molecule has 2 unspecified atom stereocenters. The smallest absolute Gasteiger partial charge is 0.223 e. The molecule has 2 aliphatic rings. The Morgan fingerprint density at radius 2 is 2.10 bits per heavy atom. The van der Waals surface area contributed by atoms with Gasteiger partial charge in [0.15, 0.2) is 0 Å². The van der Waals surface area contributed by atoms with E-state index in [0.29, 0.717) is 18.2 Å². The van der Waals surface area contributed by atoms with Crippen molar-refractivity contribution in [3.8, 4) is 0 Å². The lowest BCUT2D eigenvalue weighted by Crippen LogP contribution is -2.43. The zero-order valence-electron chi connectivity index (χ0n) is 11.5. The fraction of sp³-hybridized carbons (Fsp3) is 0.571. The van der Waals surface area contributed by atoms with Crippen molar-refractivity contribution in [1.82, 2.24) is 9.97 Å². The van der Waals surface area contributed by atoms with E-state index in [9.17, 15) is 0 Å². The summed E-state index contributed by atoms with van der Waals surface area (Å²) in [6.45, 7) is 3.99. The van der Waals surface area contributed by atoms with E-state index >= 15 is 0 Å². The van der Waals surface area contributed by atoms with Crippen molar-refractivity contribution < 1.29 is 4.74 Å². The molecular weight excluding hydrogens is 272 g/mol. The van der Waals surface area contributed by atoms with Crippen molar-refractivity contribution >= 4 is 33.3 Å². The number of aryl methyl sites for hydroxylation is 1. The number of hydrogen-bond donors (Lipinski definition) is 1. The lowest BCUT2D eigenvalue weighted by Gasteiger charge is -2.33. The van der Waals surface area contributed by atoms with Crippen LogP contribution < -0.4 is 10.6 Å². The molecule has 106 valence electrons. The van der Waals surface area contributed by atoms with E-state index in [0.717, 1.165) is 48.4 Å². The third kappa shape index (κ3) is 1.94. The van der Waals surface area contributed by atoms with Gasteiger partial charge in [0.05, 0.1) is 17.6 Å². The summed E-state index contributed by atoms with van der Waals surface area (Å²) < 4.78 is 5.90. The SMILES string of the molecule is CCc1cc2c(N3CC4CCC(C3)O4)nc(N)nc2s1. The number of anilines is 2. The Hall–Kier alpha value is -1.40. The predicted octanol–water partition coefficient (Wildman–Crippen LogP) is 2.20. The number of fused-ring (bicyclic) bond motifs is 3. The summed E-state index contributed by atoms with van der Waals surface area (Å²) in [5.74, 6) is 1.36. The minimum absolute atomic E-state index is 0.351. The van der Waals surface area contributed by atoms with Crippen LogP contribution in [0, 0.1) is 0 Å². The molecule has 5 nitrogen and oxygen atoms in total. The van der Waals surface area contributed by atoms with Gasteiger partial charge in [-0.05, 0) is 25.3 Å². The molecule has 4 rings (SSSR count). The Balaban J connectivity index is 1.80. The van der Waals surface area contributed by atoms with Crippen LogP contribution in [0.4, 0.5) is 11.8 Å². The lowest BCUT2D eigenvalue weighted by molar-refractivity contribution is 0.0303. The lowest BCUT2D eigenvalue weighted by atomic mass is 10.2. The van der Waals surface area contributed by atoms with Crippen LogP contribution in [0.15, 0.2) is 6.07 Å². The summed E-state index contributed by atoms with van der Waals surface area (Å²) in [4.78, 5) is 13.6. The van der Waals surface area contributed by atoms with Gasteiger partial charge in [-0.1, -0.05) is 6.92 Å². The Kier molecular flexibility index (Phi) is 2.82. The molecule has 0 aromatic carbocycles. The zero-order valence-corrected chi connectivity index (χ0v) is 12.3. The molecule has 2 fully saturated rings. The second kappa shape index (κ2) is 4.56. The van der Waals surface area contributed by atoms with E-state index in [1.165, 1.54) is 4.88 Å². The van der Waals surface area contributed by atoms with Gasteiger partial charge >= 0.3 is 0 Å². The maximum absolute atomic E-state index is 5.90. The molecule has 2 aliphatic heterocycles. The minimum atomic E-state index is 0.351. The molecular formula is C14H18N4OS. The van der Waals surface area contributed by atoms with Gasteiger partial charge in [-0.25, -0.2) is 4.98 Å². The highest BCUT2D eigenvalue weighted by atomic mass is 32.1. The molecule has 2 saturated heterocycles. The summed E-state index contributed by atoms with van der Waals surface area (Å²) in [7, 11) is 0. The van der Waals surface area contributed by atoms with Gasteiger partial charge in [-0.3, -0.25) is 0 Å². The maximum Gasteiger partial charge on any atom is 0.223 e. The highest BCUT2D eigenvalue weighted by molar-refractivity contribution is 7.18. The molecule has 4 heterocycles. The number of rotatable bonds is 2. The Labute approximate surface area is 121 Å². The van der Waals surface area contributed by atoms with Crippen LogP contribution in [0.25, 0.3) is 10.2 Å². The van der Waals surface area contributed by atoms with E-state index in [-0.39, 0.29) is 0 Å². The van der Waals surface area contributed by atoms with Gasteiger partial charge in [0.2, 0.25) is 5.95 Å². The van der Waals surface area contributed by atoms with Crippen LogP contribution in [-0.2, 0) is 11.2 Å². The van der Waals surface area contributed by atoms with Gasteiger partial charge < -0.3 is 15.4 Å². The quantitative estimate of drug-likeness (QED) is 0.918. The summed E-state index contributed by atoms with van der Waals surface area (Å²) >= 11 is 1.72. The molecule has 2 bridgehead atoms. The molecule has 2 aromatic heterocycles. The van der Waals surface area contributed by atoms with Gasteiger partial charge in [-0.2, -0.15) is 4.98 Å². The Bertz CT molecular complexity index is 644. The second-order valence-corrected chi connectivity index (χ2v) is 6.67. The van der Waals surface area contributed by atoms with E-state index in [4.69, 9.17) is 10.5 Å². The average Bonchev–Trinajstić information content (AvgIpc) is 3.00. The normalized spacial score (nSPS) is 25.6. The summed E-state index contributed by atoms with van der Waals surface area (Å²) in [6.07, 6.45) is 4.05. The standard InChI is InChI=1S/C14H18N4OS/c1-2-10-5-11-12(16-14(15)17-13(11)20-10)18-6-8-3-4-9(7-18)19-8/h5,8-9H,2-4,6-7H2,1H3,(H2,15,16,17). The minimum Gasteiger partial charge on any atom is -0.371 e. The largest absolute Gasteiger partial charge is 0.371 e. The highest BCUT2D eigenvalue weighted by Crippen LogP contribution is 2.35. The fourth-order valence-electron chi connectivity index (χ4n) is 3.18. The monoisotopic (exact) mass is 290 g/mol. The summed E-state index contributed by atoms with van der Waals surface area (Å²) in [5.41, 5.74) is 5.89. The number of morpholine rings is 1. The van der Waals surface area contributed by atoms with Crippen LogP contribution in [-0.4, -0.2) is 35.3 Å². The number of hydrogen-bond acceptors (Lipinski definition) is 6. The molecule has 2 atom stereocenters. The van der Waals surface area contributed by atoms with Gasteiger partial charge in [0.25, 0.3) is 0 Å². The second-order valence-electron chi connectivity index (χ2n) is 5.55. The van der Waals surface area contributed by atoms with Crippen LogP contribution in [0.2, 0.25) is 0 Å². The van der Waals surface area contributed by atoms with E-state index in [1.54, 1.807) is 11.3 Å². The van der Waals surface area contributed by atoms with Crippen LogP contribution in [0.3, 0.4) is 0 Å². The first-order chi connectivity index (χ1) is 9.72. The van der Waals surface area contributed by atoms with Crippen LogP contribution in [0.1, 0.15) is 24.6 Å². The number of aromatic nitrogens is 2. The van der Waals surface area contributed by atoms with E-state index in [1.807, 2.05) is 0 Å². The zero-order chi connectivity index (χ0) is 13.7. The molecule has 20 heavy (non-hydrogen) atoms. The summed E-state index contributed by atoms with van der Waals surface area (Å²) in [6, 6.07) is 2.21. The van der Waals surface area contributed by atoms with Crippen LogP contribution in [0.5, 0.6) is 0 Å². The van der Waals surface area contributed by atoms with E-state index in [2.05, 4.69) is 27.9 Å². The Morgan fingerprint density at radius 3 is 2.80 bits per heavy atom. The van der Waals surface area contributed by atoms with Gasteiger partial charge in [-0.15, -0.1) is 11.3 Å². The molecule has 0 saturated carbocycles. The number of ether oxygens (including phenoxy) is 1. The predicted molar refractivity (Wildman–Crippen MR) is 81.3 cm³/mol. The van der Waals surface area contributed by atoms with Gasteiger partial charge in [0.1, 0.15) is 10.6 Å². The first kappa shape index (κ1) is 12.3. The van der Waals surface area contributed by atoms with Crippen molar-refractivity contribution in [1.29, 1.82) is 0 Å². The first-order valence-electron chi connectivity index (χ1n) is 7.19. The number of thiophene rings is 1. The Morgan fingerprint density at radius 1 is 1.35 bits per heavy atom. The number of nitrogen functional groups attached to an aromatic ring is 1. The van der Waals surface area contributed by atoms with Crippen molar-refractivity contribution in [2.24, 2.45) is 0 Å². The molecule has 0 spiro atoms. The van der Waals surface area contributed by atoms with E-state index < -0.39 is 0 Å². The molecule has 2 aromatic rings. The molecule has 0 aliphatic carbocycles. The average molecular weight is 290 g/mol. The number of nitrogens with two attached hydrogens (primary N) is 1. The fourth-order valence-corrected chi connectivity index (χ4v) is 4.14. The van der Waals surface area contributed by atoms with Crippen LogP contribution >= 0.6 is 11.3 Å². The third-order valence-corrected chi connectivity index (χ3v) is 5.31. The molecule has 0 radical (unpaired) electrons.